The first kappa shape index (κ1) is 20.9. The molecule has 0 saturated carbocycles. The standard InChI is InChI=1S/C22H18FN5O4/c1-13-21-17(14-3-5-15(23)6-4-14)9-10-24-22(21)27(26-13)12-20(29)25-18-8-7-16(32-2)11-19(18)28(30)31/h3-11H,12H2,1-2H3,(H,25,29). The number of amides is 1. The van der Waals surface area contributed by atoms with Crippen molar-refractivity contribution in [2.24, 2.45) is 0 Å². The Hall–Kier alpha value is -4.34. The highest BCUT2D eigenvalue weighted by molar-refractivity contribution is 5.97. The molecule has 0 bridgehead atoms. The molecule has 4 aromatic rings. The molecular formula is C22H18FN5O4. The van der Waals surface area contributed by atoms with E-state index in [0.29, 0.717) is 17.1 Å². The number of anilines is 1. The van der Waals surface area contributed by atoms with Gasteiger partial charge in [-0.25, -0.2) is 14.1 Å². The molecule has 2 heterocycles. The number of nitro groups is 1. The molecule has 2 aromatic heterocycles. The number of rotatable bonds is 6. The summed E-state index contributed by atoms with van der Waals surface area (Å²) in [5, 5.41) is 19.1. The molecule has 1 amide bonds. The monoisotopic (exact) mass is 435 g/mol. The number of carbonyl (C=O) groups excluding carboxylic acids is 1. The molecule has 1 N–H and O–H groups in total. The lowest BCUT2D eigenvalue weighted by atomic mass is 10.0. The number of methoxy groups -OCH3 is 1. The molecule has 0 fully saturated rings. The maximum absolute atomic E-state index is 13.3. The summed E-state index contributed by atoms with van der Waals surface area (Å²) >= 11 is 0. The van der Waals surface area contributed by atoms with Crippen molar-refractivity contribution in [3.05, 3.63) is 76.4 Å². The van der Waals surface area contributed by atoms with Crippen molar-refractivity contribution < 1.29 is 18.8 Å². The Bertz CT molecular complexity index is 1330. The minimum absolute atomic E-state index is 0.0499. The number of aromatic nitrogens is 3. The van der Waals surface area contributed by atoms with Gasteiger partial charge in [0.15, 0.2) is 5.65 Å². The van der Waals surface area contributed by atoms with Crippen molar-refractivity contribution in [1.82, 2.24) is 14.8 Å². The van der Waals surface area contributed by atoms with Crippen LogP contribution < -0.4 is 10.1 Å². The topological polar surface area (TPSA) is 112 Å². The molecule has 0 unspecified atom stereocenters. The lowest BCUT2D eigenvalue weighted by Gasteiger charge is -2.08. The summed E-state index contributed by atoms with van der Waals surface area (Å²) < 4.78 is 19.8. The van der Waals surface area contributed by atoms with Crippen molar-refractivity contribution in [2.75, 3.05) is 12.4 Å². The fourth-order valence-corrected chi connectivity index (χ4v) is 3.48. The molecule has 0 radical (unpaired) electrons. The van der Waals surface area contributed by atoms with Crippen LogP contribution in [0.1, 0.15) is 5.69 Å². The molecular weight excluding hydrogens is 417 g/mol. The molecule has 10 heteroatoms. The second-order valence-electron chi connectivity index (χ2n) is 7.00. The van der Waals surface area contributed by atoms with Crippen molar-refractivity contribution in [3.63, 3.8) is 0 Å². The smallest absolute Gasteiger partial charge is 0.296 e. The average Bonchev–Trinajstić information content (AvgIpc) is 3.09. The summed E-state index contributed by atoms with van der Waals surface area (Å²) in [5.41, 5.74) is 2.49. The molecule has 0 saturated heterocycles. The maximum Gasteiger partial charge on any atom is 0.296 e. The SMILES string of the molecule is COc1ccc(NC(=O)Cn2nc(C)c3c(-c4ccc(F)cc4)ccnc32)c([N+](=O)[O-])c1. The molecule has 32 heavy (non-hydrogen) atoms. The van der Waals surface area contributed by atoms with Gasteiger partial charge in [-0.2, -0.15) is 5.10 Å². The maximum atomic E-state index is 13.3. The van der Waals surface area contributed by atoms with Crippen LogP contribution in [0.15, 0.2) is 54.7 Å². The third-order valence-electron chi connectivity index (χ3n) is 4.93. The van der Waals surface area contributed by atoms with E-state index in [2.05, 4.69) is 15.4 Å². The Balaban J connectivity index is 1.64. The summed E-state index contributed by atoms with van der Waals surface area (Å²) in [4.78, 5) is 27.8. The Morgan fingerprint density at radius 3 is 2.66 bits per heavy atom. The molecule has 2 aromatic carbocycles. The predicted molar refractivity (Wildman–Crippen MR) is 116 cm³/mol. The van der Waals surface area contributed by atoms with Gasteiger partial charge in [0.2, 0.25) is 5.91 Å². The lowest BCUT2D eigenvalue weighted by Crippen LogP contribution is -2.20. The number of carbonyl (C=O) groups is 1. The Morgan fingerprint density at radius 2 is 1.97 bits per heavy atom. The zero-order chi connectivity index (χ0) is 22.8. The first-order valence-electron chi connectivity index (χ1n) is 9.57. The van der Waals surface area contributed by atoms with Crippen LogP contribution in [0, 0.1) is 22.9 Å². The molecule has 4 rings (SSSR count). The van der Waals surface area contributed by atoms with E-state index in [4.69, 9.17) is 4.74 Å². The van der Waals surface area contributed by atoms with Crippen molar-refractivity contribution >= 4 is 28.3 Å². The van der Waals surface area contributed by atoms with Gasteiger partial charge in [-0.3, -0.25) is 14.9 Å². The third kappa shape index (κ3) is 3.97. The number of aryl methyl sites for hydroxylation is 1. The van der Waals surface area contributed by atoms with E-state index in [0.717, 1.165) is 16.5 Å². The number of benzene rings is 2. The van der Waals surface area contributed by atoms with Gasteiger partial charge in [0.1, 0.15) is 23.8 Å². The number of halogens is 1. The van der Waals surface area contributed by atoms with E-state index in [9.17, 15) is 19.3 Å². The molecule has 9 nitrogen and oxygen atoms in total. The van der Waals surface area contributed by atoms with Gasteiger partial charge in [-0.15, -0.1) is 0 Å². The summed E-state index contributed by atoms with van der Waals surface area (Å²) in [6.45, 7) is 1.59. The first-order valence-corrected chi connectivity index (χ1v) is 9.57. The minimum atomic E-state index is -0.595. The summed E-state index contributed by atoms with van der Waals surface area (Å²) in [7, 11) is 1.40. The Labute approximate surface area is 181 Å². The van der Waals surface area contributed by atoms with Gasteiger partial charge in [0.25, 0.3) is 5.69 Å². The number of ether oxygens (including phenoxy) is 1. The van der Waals surface area contributed by atoms with Crippen LogP contribution >= 0.6 is 0 Å². The second-order valence-corrected chi connectivity index (χ2v) is 7.00. The van der Waals surface area contributed by atoms with Gasteiger partial charge >= 0.3 is 0 Å². The van der Waals surface area contributed by atoms with Crippen LogP contribution in [-0.2, 0) is 11.3 Å². The third-order valence-corrected chi connectivity index (χ3v) is 4.93. The number of nitrogens with one attached hydrogen (secondary N) is 1. The van der Waals surface area contributed by atoms with Gasteiger partial charge in [0, 0.05) is 11.6 Å². The van der Waals surface area contributed by atoms with Crippen LogP contribution in [0.5, 0.6) is 5.75 Å². The fraction of sp³-hybridized carbons (Fsp3) is 0.136. The molecule has 0 spiro atoms. The molecule has 0 aliphatic heterocycles. The van der Waals surface area contributed by atoms with E-state index >= 15 is 0 Å². The second kappa shape index (κ2) is 8.42. The summed E-state index contributed by atoms with van der Waals surface area (Å²) in [5.74, 6) is -0.534. The number of pyridine rings is 1. The van der Waals surface area contributed by atoms with Gasteiger partial charge in [-0.05, 0) is 48.4 Å². The molecule has 0 aliphatic rings. The number of hydrogen-bond donors (Lipinski definition) is 1. The van der Waals surface area contributed by atoms with Gasteiger partial charge in [0.05, 0.1) is 23.8 Å². The van der Waals surface area contributed by atoms with E-state index in [1.54, 1.807) is 31.3 Å². The van der Waals surface area contributed by atoms with Crippen molar-refractivity contribution in [1.29, 1.82) is 0 Å². The minimum Gasteiger partial charge on any atom is -0.496 e. The first-order chi connectivity index (χ1) is 15.4. The number of fused-ring (bicyclic) bond motifs is 1. The fourth-order valence-electron chi connectivity index (χ4n) is 3.48. The van der Waals surface area contributed by atoms with Crippen LogP contribution in [0.3, 0.4) is 0 Å². The number of nitro benzene ring substituents is 1. The Morgan fingerprint density at radius 1 is 1.22 bits per heavy atom. The number of nitrogens with zero attached hydrogens (tertiary/aromatic N) is 4. The zero-order valence-corrected chi connectivity index (χ0v) is 17.2. The van der Waals surface area contributed by atoms with E-state index < -0.39 is 10.8 Å². The van der Waals surface area contributed by atoms with Crippen LogP contribution in [-0.4, -0.2) is 32.7 Å². The van der Waals surface area contributed by atoms with Crippen LogP contribution in [0.2, 0.25) is 0 Å². The van der Waals surface area contributed by atoms with E-state index in [-0.39, 0.29) is 23.7 Å². The van der Waals surface area contributed by atoms with Crippen LogP contribution in [0.4, 0.5) is 15.8 Å². The zero-order valence-electron chi connectivity index (χ0n) is 17.2. The van der Waals surface area contributed by atoms with Crippen LogP contribution in [0.25, 0.3) is 22.2 Å². The average molecular weight is 435 g/mol. The van der Waals surface area contributed by atoms with E-state index in [1.165, 1.54) is 42.1 Å². The molecule has 0 aliphatic carbocycles. The summed E-state index contributed by atoms with van der Waals surface area (Å²) in [6.07, 6.45) is 1.59. The highest BCUT2D eigenvalue weighted by Crippen LogP contribution is 2.31. The van der Waals surface area contributed by atoms with Crippen molar-refractivity contribution in [3.8, 4) is 16.9 Å². The predicted octanol–water partition coefficient (Wildman–Crippen LogP) is 4.10. The van der Waals surface area contributed by atoms with E-state index in [1.807, 2.05) is 0 Å². The number of hydrogen-bond acceptors (Lipinski definition) is 6. The molecule has 0 atom stereocenters. The normalized spacial score (nSPS) is 10.8. The quantitative estimate of drug-likeness (QED) is 0.360. The van der Waals surface area contributed by atoms with Crippen molar-refractivity contribution in [2.45, 2.75) is 13.5 Å². The van der Waals surface area contributed by atoms with Gasteiger partial charge in [-0.1, -0.05) is 12.1 Å². The Kier molecular flexibility index (Phi) is 5.50. The summed E-state index contributed by atoms with van der Waals surface area (Å²) in [6, 6.07) is 12.0. The molecule has 162 valence electrons. The van der Waals surface area contributed by atoms with Gasteiger partial charge < -0.3 is 10.1 Å². The highest BCUT2D eigenvalue weighted by atomic mass is 19.1. The largest absolute Gasteiger partial charge is 0.496 e. The lowest BCUT2D eigenvalue weighted by molar-refractivity contribution is -0.384. The highest BCUT2D eigenvalue weighted by Gasteiger charge is 2.20.